The highest BCUT2D eigenvalue weighted by Gasteiger charge is 2.41. The van der Waals surface area contributed by atoms with E-state index in [-0.39, 0.29) is 23.2 Å². The fraction of sp³-hybridized carbons (Fsp3) is 0. The van der Waals surface area contributed by atoms with Crippen molar-refractivity contribution in [3.05, 3.63) is 22.9 Å². The Balaban J connectivity index is 1.84. The number of ether oxygens (including phenoxy) is 2. The average Bonchev–Trinajstić information content (AvgIpc) is 3.09. The summed E-state index contributed by atoms with van der Waals surface area (Å²) >= 11 is 0. The van der Waals surface area contributed by atoms with Gasteiger partial charge in [0.25, 0.3) is 11.8 Å². The minimum absolute atomic E-state index is 0.322. The van der Waals surface area contributed by atoms with Gasteiger partial charge in [0.1, 0.15) is 0 Å². The molecule has 10 nitrogen and oxygen atoms in total. The van der Waals surface area contributed by atoms with Crippen LogP contribution in [-0.2, 0) is 9.47 Å². The van der Waals surface area contributed by atoms with Crippen molar-refractivity contribution < 1.29 is 37.5 Å². The number of oxazole rings is 2. The zero-order valence-electron chi connectivity index (χ0n) is 9.16. The normalized spacial score (nSPS) is 16.2. The standard InChI is InChI=1S/C10N2O8/c13-7-1-3(9(15)19-7)17-5(11-1)6-12-2-4(18-6)10(16)20-8(2)14. The van der Waals surface area contributed by atoms with Crippen molar-refractivity contribution in [3.8, 4) is 11.8 Å². The Labute approximate surface area is 107 Å². The van der Waals surface area contributed by atoms with Crippen LogP contribution in [-0.4, -0.2) is 33.8 Å². The first-order valence-electron chi connectivity index (χ1n) is 5.09. The SMILES string of the molecule is O=C1OC(=O)c2oc(-c3nc4c(o3)C(=O)OC4=O)nc21. The van der Waals surface area contributed by atoms with E-state index in [1.165, 1.54) is 0 Å². The van der Waals surface area contributed by atoms with E-state index in [0.717, 1.165) is 0 Å². The van der Waals surface area contributed by atoms with Gasteiger partial charge in [0.2, 0.25) is 22.9 Å². The molecule has 0 saturated heterocycles. The Morgan fingerprint density at radius 2 is 1.00 bits per heavy atom. The average molecular weight is 276 g/mol. The predicted molar refractivity (Wildman–Crippen MR) is 51.5 cm³/mol. The number of rotatable bonds is 1. The topological polar surface area (TPSA) is 139 Å². The van der Waals surface area contributed by atoms with Gasteiger partial charge in [-0.3, -0.25) is 0 Å². The van der Waals surface area contributed by atoms with E-state index in [0.29, 0.717) is 0 Å². The predicted octanol–water partition coefficient (Wildman–Crippen LogP) is -0.0492. The minimum Gasteiger partial charge on any atom is -0.424 e. The molecule has 20 heavy (non-hydrogen) atoms. The largest absolute Gasteiger partial charge is 0.424 e. The van der Waals surface area contributed by atoms with Crippen LogP contribution in [0.15, 0.2) is 8.83 Å². The molecule has 2 aliphatic heterocycles. The summed E-state index contributed by atoms with van der Waals surface area (Å²) < 4.78 is 18.4. The van der Waals surface area contributed by atoms with Gasteiger partial charge < -0.3 is 18.3 Å². The van der Waals surface area contributed by atoms with Crippen LogP contribution < -0.4 is 0 Å². The van der Waals surface area contributed by atoms with Gasteiger partial charge in [-0.1, -0.05) is 0 Å². The Morgan fingerprint density at radius 3 is 1.35 bits per heavy atom. The van der Waals surface area contributed by atoms with Crippen LogP contribution in [0.5, 0.6) is 0 Å². The zero-order valence-corrected chi connectivity index (χ0v) is 9.16. The molecule has 0 bridgehead atoms. The number of nitrogens with zero attached hydrogens (tertiary/aromatic N) is 2. The van der Waals surface area contributed by atoms with Gasteiger partial charge in [-0.05, 0) is 0 Å². The van der Waals surface area contributed by atoms with Crippen LogP contribution in [0.25, 0.3) is 11.8 Å². The fourth-order valence-electron chi connectivity index (χ4n) is 1.73. The molecule has 0 fully saturated rings. The lowest BCUT2D eigenvalue weighted by Crippen LogP contribution is -2.01. The number of hydrogen-bond acceptors (Lipinski definition) is 10. The summed E-state index contributed by atoms with van der Waals surface area (Å²) in [5.74, 6) is -5.33. The van der Waals surface area contributed by atoms with E-state index < -0.39 is 35.4 Å². The van der Waals surface area contributed by atoms with Crippen LogP contribution in [0.1, 0.15) is 42.1 Å². The fourth-order valence-corrected chi connectivity index (χ4v) is 1.73. The molecule has 2 aliphatic rings. The second-order valence-electron chi connectivity index (χ2n) is 3.75. The Hall–Kier alpha value is -3.30. The van der Waals surface area contributed by atoms with E-state index in [1.54, 1.807) is 0 Å². The highest BCUT2D eigenvalue weighted by molar-refractivity contribution is 6.13. The van der Waals surface area contributed by atoms with E-state index in [4.69, 9.17) is 8.83 Å². The molecule has 0 N–H and O–H groups in total. The molecule has 2 aromatic heterocycles. The van der Waals surface area contributed by atoms with E-state index >= 15 is 0 Å². The molecule has 2 aromatic rings. The molecule has 4 rings (SSSR count). The van der Waals surface area contributed by atoms with Crippen molar-refractivity contribution >= 4 is 23.9 Å². The first-order chi connectivity index (χ1) is 9.54. The molecule has 0 saturated carbocycles. The smallest absolute Gasteiger partial charge is 0.384 e. The molecule has 98 valence electrons. The Bertz CT molecular complexity index is 708. The van der Waals surface area contributed by atoms with Gasteiger partial charge in [0, 0.05) is 0 Å². The van der Waals surface area contributed by atoms with E-state index in [1.807, 2.05) is 0 Å². The van der Waals surface area contributed by atoms with Crippen molar-refractivity contribution in [1.29, 1.82) is 0 Å². The number of aromatic nitrogens is 2. The maximum absolute atomic E-state index is 11.2. The molecule has 0 amide bonds. The van der Waals surface area contributed by atoms with Gasteiger partial charge in [-0.15, -0.1) is 0 Å². The lowest BCUT2D eigenvalue weighted by molar-refractivity contribution is 0.0405. The van der Waals surface area contributed by atoms with Crippen molar-refractivity contribution in [1.82, 2.24) is 9.97 Å². The lowest BCUT2D eigenvalue weighted by Gasteiger charge is -1.90. The summed E-state index contributed by atoms with van der Waals surface area (Å²) in [7, 11) is 0. The van der Waals surface area contributed by atoms with Crippen LogP contribution in [0, 0.1) is 0 Å². The Kier molecular flexibility index (Phi) is 1.68. The van der Waals surface area contributed by atoms with Crippen molar-refractivity contribution in [3.63, 3.8) is 0 Å². The molecular weight excluding hydrogens is 276 g/mol. The summed E-state index contributed by atoms with van der Waals surface area (Å²) in [5, 5.41) is 0. The molecule has 0 unspecified atom stereocenters. The number of cyclic esters (lactones) is 4. The minimum atomic E-state index is -0.988. The van der Waals surface area contributed by atoms with Crippen LogP contribution in [0.4, 0.5) is 0 Å². The second-order valence-corrected chi connectivity index (χ2v) is 3.75. The summed E-state index contributed by atoms with van der Waals surface area (Å²) in [6, 6.07) is 0. The zero-order chi connectivity index (χ0) is 14.0. The number of esters is 4. The van der Waals surface area contributed by atoms with Crippen LogP contribution in [0.3, 0.4) is 0 Å². The summed E-state index contributed by atoms with van der Waals surface area (Å²) in [5.41, 5.74) is -0.644. The maximum Gasteiger partial charge on any atom is 0.384 e. The summed E-state index contributed by atoms with van der Waals surface area (Å²) in [6.45, 7) is 0. The van der Waals surface area contributed by atoms with Gasteiger partial charge in [-0.2, -0.15) is 9.97 Å². The molecular formula is C10N2O8. The monoisotopic (exact) mass is 276 g/mol. The number of hydrogen-bond donors (Lipinski definition) is 0. The van der Waals surface area contributed by atoms with Crippen molar-refractivity contribution in [2.45, 2.75) is 0 Å². The molecule has 10 heteroatoms. The van der Waals surface area contributed by atoms with Gasteiger partial charge >= 0.3 is 23.9 Å². The third-order valence-electron chi connectivity index (χ3n) is 2.57. The van der Waals surface area contributed by atoms with Crippen LogP contribution in [0.2, 0.25) is 0 Å². The first-order valence-corrected chi connectivity index (χ1v) is 5.09. The first kappa shape index (κ1) is 10.6. The summed E-state index contributed by atoms with van der Waals surface area (Å²) in [4.78, 5) is 52.2. The van der Waals surface area contributed by atoms with E-state index in [2.05, 4.69) is 19.4 Å². The number of carbonyl (C=O) groups is 4. The van der Waals surface area contributed by atoms with Crippen LogP contribution >= 0.6 is 0 Å². The molecule has 0 radical (unpaired) electrons. The van der Waals surface area contributed by atoms with Gasteiger partial charge in [0.15, 0.2) is 0 Å². The molecule has 4 heterocycles. The molecule has 0 spiro atoms. The lowest BCUT2D eigenvalue weighted by atomic mass is 10.4. The molecule has 0 atom stereocenters. The van der Waals surface area contributed by atoms with E-state index in [9.17, 15) is 19.2 Å². The third-order valence-corrected chi connectivity index (χ3v) is 2.57. The third kappa shape index (κ3) is 1.16. The summed E-state index contributed by atoms with van der Waals surface area (Å²) in [6.07, 6.45) is 0. The molecule has 0 aromatic carbocycles. The number of fused-ring (bicyclic) bond motifs is 2. The van der Waals surface area contributed by atoms with Crippen molar-refractivity contribution in [2.75, 3.05) is 0 Å². The maximum atomic E-state index is 11.2. The highest BCUT2D eigenvalue weighted by Crippen LogP contribution is 2.30. The van der Waals surface area contributed by atoms with Crippen molar-refractivity contribution in [2.24, 2.45) is 0 Å². The molecule has 0 aliphatic carbocycles. The highest BCUT2D eigenvalue weighted by atomic mass is 16.6. The van der Waals surface area contributed by atoms with Gasteiger partial charge in [-0.25, -0.2) is 19.2 Å². The number of carbonyl (C=O) groups excluding carboxylic acids is 4. The quantitative estimate of drug-likeness (QED) is 0.514. The van der Waals surface area contributed by atoms with Gasteiger partial charge in [0.05, 0.1) is 0 Å². The Morgan fingerprint density at radius 1 is 0.600 bits per heavy atom. The second kappa shape index (κ2) is 3.17.